The second kappa shape index (κ2) is 9.01. The predicted molar refractivity (Wildman–Crippen MR) is 104 cm³/mol. The van der Waals surface area contributed by atoms with Gasteiger partial charge in [-0.3, -0.25) is 0 Å². The molecule has 4 nitrogen and oxygen atoms in total. The van der Waals surface area contributed by atoms with Crippen LogP contribution in [0.5, 0.6) is 5.75 Å². The first-order valence-electron chi connectivity index (χ1n) is 8.78. The molecule has 1 N–H and O–H groups in total. The van der Waals surface area contributed by atoms with Crippen molar-refractivity contribution in [3.05, 3.63) is 101 Å². The van der Waals surface area contributed by atoms with Gasteiger partial charge in [0.2, 0.25) is 0 Å². The second-order valence-corrected chi connectivity index (χ2v) is 6.24. The summed E-state index contributed by atoms with van der Waals surface area (Å²) in [4.78, 5) is 11.4. The van der Waals surface area contributed by atoms with E-state index in [-0.39, 0.29) is 11.7 Å². The molecule has 0 heterocycles. The van der Waals surface area contributed by atoms with Gasteiger partial charge in [-0.25, -0.2) is 4.79 Å². The van der Waals surface area contributed by atoms with Crippen LogP contribution in [0.15, 0.2) is 78.9 Å². The Balaban J connectivity index is 1.87. The number of hydrogen-bond donors (Lipinski definition) is 1. The molecule has 3 aromatic carbocycles. The summed E-state index contributed by atoms with van der Waals surface area (Å²) in [6.07, 6.45) is 0.466. The number of carbonyl (C=O) groups is 1. The number of hydrogen-bond acceptors (Lipinski definition) is 3. The van der Waals surface area contributed by atoms with Crippen molar-refractivity contribution >= 4 is 5.97 Å². The Bertz CT molecular complexity index is 875. The van der Waals surface area contributed by atoms with Gasteiger partial charge in [0.15, 0.2) is 0 Å². The summed E-state index contributed by atoms with van der Waals surface area (Å²) >= 11 is 0. The minimum atomic E-state index is -1.01. The van der Waals surface area contributed by atoms with Gasteiger partial charge in [-0.1, -0.05) is 66.7 Å². The predicted octanol–water partition coefficient (Wildman–Crippen LogP) is 4.89. The third kappa shape index (κ3) is 4.96. The van der Waals surface area contributed by atoms with Gasteiger partial charge in [0, 0.05) is 6.42 Å². The summed E-state index contributed by atoms with van der Waals surface area (Å²) in [7, 11) is 1.47. The van der Waals surface area contributed by atoms with Gasteiger partial charge in [-0.05, 0) is 28.8 Å². The Morgan fingerprint density at radius 2 is 1.56 bits per heavy atom. The summed E-state index contributed by atoms with van der Waals surface area (Å²) in [5.74, 6) is -0.676. The normalized spacial score (nSPS) is 11.7. The van der Waals surface area contributed by atoms with Gasteiger partial charge in [-0.15, -0.1) is 0 Å². The number of carboxylic acids is 1. The lowest BCUT2D eigenvalue weighted by molar-refractivity contribution is 0.0397. The minimum absolute atomic E-state index is 0.141. The molecule has 0 spiro atoms. The monoisotopic (exact) mass is 362 g/mol. The van der Waals surface area contributed by atoms with Crippen LogP contribution < -0.4 is 4.74 Å². The molecule has 0 bridgehead atoms. The molecule has 3 rings (SSSR count). The zero-order valence-electron chi connectivity index (χ0n) is 15.2. The Morgan fingerprint density at radius 3 is 2.15 bits per heavy atom. The van der Waals surface area contributed by atoms with Crippen LogP contribution >= 0.6 is 0 Å². The van der Waals surface area contributed by atoms with E-state index in [0.717, 1.165) is 16.7 Å². The molecule has 0 aliphatic rings. The number of aromatic carboxylic acids is 1. The maximum Gasteiger partial charge on any atom is 0.339 e. The van der Waals surface area contributed by atoms with E-state index in [2.05, 4.69) is 12.1 Å². The molecule has 0 amide bonds. The van der Waals surface area contributed by atoms with Crippen LogP contribution in [0.4, 0.5) is 0 Å². The largest absolute Gasteiger partial charge is 0.496 e. The summed E-state index contributed by atoms with van der Waals surface area (Å²) in [6.45, 7) is 0.474. The van der Waals surface area contributed by atoms with E-state index in [0.29, 0.717) is 18.8 Å². The Kier molecular flexibility index (Phi) is 6.23. The lowest BCUT2D eigenvalue weighted by Gasteiger charge is -2.20. The standard InChI is InChI=1S/C23H22O4/c1-26-22-15-19(12-13-20(22)23(24)25)21(14-17-8-4-2-5-9-17)27-16-18-10-6-3-7-11-18/h2-13,15,21H,14,16H2,1H3,(H,24,25). The molecule has 3 aromatic rings. The number of ether oxygens (including phenoxy) is 2. The quantitative estimate of drug-likeness (QED) is 0.620. The molecule has 0 aliphatic heterocycles. The van der Waals surface area contributed by atoms with Crippen molar-refractivity contribution in [3.8, 4) is 5.75 Å². The van der Waals surface area contributed by atoms with Crippen LogP contribution in [0, 0.1) is 0 Å². The number of carboxylic acid groups (broad SMARTS) is 1. The van der Waals surface area contributed by atoms with Crippen molar-refractivity contribution in [1.29, 1.82) is 0 Å². The molecule has 138 valence electrons. The van der Waals surface area contributed by atoms with Crippen LogP contribution in [0.2, 0.25) is 0 Å². The van der Waals surface area contributed by atoms with Crippen LogP contribution in [-0.2, 0) is 17.8 Å². The van der Waals surface area contributed by atoms with Crippen molar-refractivity contribution in [3.63, 3.8) is 0 Å². The first kappa shape index (κ1) is 18.7. The van der Waals surface area contributed by atoms with Crippen LogP contribution in [0.25, 0.3) is 0 Å². The fourth-order valence-electron chi connectivity index (χ4n) is 2.96. The molecular weight excluding hydrogens is 340 g/mol. The number of rotatable bonds is 8. The topological polar surface area (TPSA) is 55.8 Å². The van der Waals surface area contributed by atoms with Crippen molar-refractivity contribution in [1.82, 2.24) is 0 Å². The van der Waals surface area contributed by atoms with E-state index >= 15 is 0 Å². The van der Waals surface area contributed by atoms with E-state index in [9.17, 15) is 9.90 Å². The molecule has 0 fully saturated rings. The maximum absolute atomic E-state index is 11.4. The number of methoxy groups -OCH3 is 1. The van der Waals surface area contributed by atoms with E-state index in [4.69, 9.17) is 9.47 Å². The molecule has 0 aliphatic carbocycles. The lowest BCUT2D eigenvalue weighted by atomic mass is 9.99. The Morgan fingerprint density at radius 1 is 0.926 bits per heavy atom. The van der Waals surface area contributed by atoms with Crippen molar-refractivity contribution in [2.45, 2.75) is 19.1 Å². The van der Waals surface area contributed by atoms with E-state index < -0.39 is 5.97 Å². The maximum atomic E-state index is 11.4. The molecular formula is C23H22O4. The zero-order valence-corrected chi connectivity index (χ0v) is 15.2. The molecule has 1 atom stereocenters. The van der Waals surface area contributed by atoms with Gasteiger partial charge in [0.1, 0.15) is 11.3 Å². The molecule has 4 heteroatoms. The van der Waals surface area contributed by atoms with Crippen molar-refractivity contribution in [2.75, 3.05) is 7.11 Å². The highest BCUT2D eigenvalue weighted by Gasteiger charge is 2.18. The van der Waals surface area contributed by atoms with E-state index in [1.807, 2.05) is 48.5 Å². The zero-order chi connectivity index (χ0) is 19.1. The first-order chi connectivity index (χ1) is 13.2. The second-order valence-electron chi connectivity index (χ2n) is 6.24. The number of benzene rings is 3. The van der Waals surface area contributed by atoms with Crippen LogP contribution in [0.1, 0.15) is 33.2 Å². The highest BCUT2D eigenvalue weighted by atomic mass is 16.5. The van der Waals surface area contributed by atoms with E-state index in [1.165, 1.54) is 7.11 Å². The van der Waals surface area contributed by atoms with Gasteiger partial charge in [0.05, 0.1) is 19.8 Å². The fraction of sp³-hybridized carbons (Fsp3) is 0.174. The summed E-state index contributed by atoms with van der Waals surface area (Å²) in [6, 6.07) is 25.2. The average Bonchev–Trinajstić information content (AvgIpc) is 2.72. The summed E-state index contributed by atoms with van der Waals surface area (Å²) in [5.41, 5.74) is 3.26. The molecule has 0 aromatic heterocycles. The SMILES string of the molecule is COc1cc(C(Cc2ccccc2)OCc2ccccc2)ccc1C(=O)O. The molecule has 0 saturated carbocycles. The summed E-state index contributed by atoms with van der Waals surface area (Å²) in [5, 5.41) is 9.30. The molecule has 1 unspecified atom stereocenters. The van der Waals surface area contributed by atoms with Gasteiger partial charge in [0.25, 0.3) is 0 Å². The first-order valence-corrected chi connectivity index (χ1v) is 8.78. The van der Waals surface area contributed by atoms with Crippen LogP contribution in [0.3, 0.4) is 0 Å². The van der Waals surface area contributed by atoms with Crippen LogP contribution in [-0.4, -0.2) is 18.2 Å². The van der Waals surface area contributed by atoms with Gasteiger partial charge in [-0.2, -0.15) is 0 Å². The third-order valence-corrected chi connectivity index (χ3v) is 4.39. The van der Waals surface area contributed by atoms with Crippen molar-refractivity contribution < 1.29 is 19.4 Å². The molecule has 27 heavy (non-hydrogen) atoms. The molecule has 0 saturated heterocycles. The van der Waals surface area contributed by atoms with Gasteiger partial charge >= 0.3 is 5.97 Å². The molecule has 0 radical (unpaired) electrons. The van der Waals surface area contributed by atoms with Crippen molar-refractivity contribution in [2.24, 2.45) is 0 Å². The fourth-order valence-corrected chi connectivity index (χ4v) is 2.96. The van der Waals surface area contributed by atoms with E-state index in [1.54, 1.807) is 18.2 Å². The Labute approximate surface area is 159 Å². The minimum Gasteiger partial charge on any atom is -0.496 e. The summed E-state index contributed by atoms with van der Waals surface area (Å²) < 4.78 is 11.5. The highest BCUT2D eigenvalue weighted by Crippen LogP contribution is 2.29. The third-order valence-electron chi connectivity index (χ3n) is 4.39. The van der Waals surface area contributed by atoms with Gasteiger partial charge < -0.3 is 14.6 Å². The Hall–Kier alpha value is -3.11. The average molecular weight is 362 g/mol. The highest BCUT2D eigenvalue weighted by molar-refractivity contribution is 5.91. The lowest BCUT2D eigenvalue weighted by Crippen LogP contribution is -2.10. The smallest absolute Gasteiger partial charge is 0.339 e.